The number of aromatic nitrogens is 3. The summed E-state index contributed by atoms with van der Waals surface area (Å²) in [5.74, 6) is 0. The minimum absolute atomic E-state index is 0.687. The molecule has 0 fully saturated rings. The van der Waals surface area contributed by atoms with Gasteiger partial charge in [-0.1, -0.05) is 12.1 Å². The van der Waals surface area contributed by atoms with Crippen molar-refractivity contribution in [2.75, 3.05) is 5.32 Å². The lowest BCUT2D eigenvalue weighted by molar-refractivity contribution is 0.720. The number of nitrogens with zero attached hydrogens (tertiary/aromatic N) is 4. The number of hydrogen-bond donors (Lipinski definition) is 1. The van der Waals surface area contributed by atoms with E-state index in [1.165, 1.54) is 10.4 Å². The van der Waals surface area contributed by atoms with Gasteiger partial charge in [-0.2, -0.15) is 10.4 Å². The summed E-state index contributed by atoms with van der Waals surface area (Å²) in [6, 6.07) is 11.8. The molecule has 0 radical (unpaired) electrons. The van der Waals surface area contributed by atoms with Crippen molar-refractivity contribution in [2.45, 2.75) is 13.0 Å². The van der Waals surface area contributed by atoms with Crippen LogP contribution in [0.4, 0.5) is 5.13 Å². The average Bonchev–Trinajstić information content (AvgIpc) is 3.15. The highest BCUT2D eigenvalue weighted by molar-refractivity contribution is 7.15. The molecule has 3 rings (SSSR count). The van der Waals surface area contributed by atoms with Gasteiger partial charge in [0.25, 0.3) is 0 Å². The molecule has 0 bridgehead atoms. The molecule has 1 N–H and O–H groups in total. The van der Waals surface area contributed by atoms with Crippen molar-refractivity contribution >= 4 is 16.5 Å². The molecule has 3 aromatic rings. The molecular formula is C16H15N5S. The van der Waals surface area contributed by atoms with Gasteiger partial charge in [0.15, 0.2) is 5.13 Å². The number of rotatable bonds is 5. The zero-order valence-corrected chi connectivity index (χ0v) is 13.0. The maximum Gasteiger partial charge on any atom is 0.183 e. The predicted molar refractivity (Wildman–Crippen MR) is 86.6 cm³/mol. The summed E-state index contributed by atoms with van der Waals surface area (Å²) >= 11 is 1.65. The molecular weight excluding hydrogens is 294 g/mol. The standard InChI is InChI=1S/C16H15N5S/c1-21-14(6-7-20-21)10-18-16-19-11-15(22-16)8-12-2-4-13(9-17)5-3-12/h2-7,11H,8,10H2,1H3,(H,18,19). The molecule has 0 unspecified atom stereocenters. The van der Waals surface area contributed by atoms with Crippen LogP contribution in [-0.2, 0) is 20.0 Å². The summed E-state index contributed by atoms with van der Waals surface area (Å²) in [5, 5.41) is 17.2. The van der Waals surface area contributed by atoms with Gasteiger partial charge in [-0.15, -0.1) is 11.3 Å². The molecule has 0 saturated carbocycles. The monoisotopic (exact) mass is 309 g/mol. The third kappa shape index (κ3) is 3.32. The lowest BCUT2D eigenvalue weighted by atomic mass is 10.1. The fourth-order valence-corrected chi connectivity index (χ4v) is 2.95. The zero-order valence-electron chi connectivity index (χ0n) is 12.2. The first kappa shape index (κ1) is 14.3. The fraction of sp³-hybridized carbons (Fsp3) is 0.188. The molecule has 6 heteroatoms. The van der Waals surface area contributed by atoms with Gasteiger partial charge in [-0.3, -0.25) is 4.68 Å². The van der Waals surface area contributed by atoms with Crippen LogP contribution in [0.5, 0.6) is 0 Å². The third-order valence-corrected chi connectivity index (χ3v) is 4.31. The second-order valence-corrected chi connectivity index (χ2v) is 6.03. The van der Waals surface area contributed by atoms with E-state index < -0.39 is 0 Å². The van der Waals surface area contributed by atoms with E-state index in [9.17, 15) is 0 Å². The number of anilines is 1. The molecule has 2 aromatic heterocycles. The molecule has 110 valence electrons. The van der Waals surface area contributed by atoms with Crippen molar-refractivity contribution in [2.24, 2.45) is 7.05 Å². The SMILES string of the molecule is Cn1nccc1CNc1ncc(Cc2ccc(C#N)cc2)s1. The van der Waals surface area contributed by atoms with Gasteiger partial charge in [0.2, 0.25) is 0 Å². The van der Waals surface area contributed by atoms with E-state index in [-0.39, 0.29) is 0 Å². The van der Waals surface area contributed by atoms with Gasteiger partial charge in [-0.05, 0) is 23.8 Å². The minimum atomic E-state index is 0.687. The van der Waals surface area contributed by atoms with Crippen molar-refractivity contribution in [1.29, 1.82) is 5.26 Å². The van der Waals surface area contributed by atoms with E-state index in [0.29, 0.717) is 12.1 Å². The quantitative estimate of drug-likeness (QED) is 0.787. The molecule has 0 atom stereocenters. The van der Waals surface area contributed by atoms with Gasteiger partial charge in [0.1, 0.15) is 0 Å². The summed E-state index contributed by atoms with van der Waals surface area (Å²) in [5.41, 5.74) is 2.98. The van der Waals surface area contributed by atoms with Crippen LogP contribution in [0.3, 0.4) is 0 Å². The van der Waals surface area contributed by atoms with Gasteiger partial charge in [0.05, 0.1) is 23.9 Å². The Labute approximate surface area is 132 Å². The second kappa shape index (κ2) is 6.41. The maximum absolute atomic E-state index is 8.81. The van der Waals surface area contributed by atoms with E-state index in [4.69, 9.17) is 5.26 Å². The molecule has 5 nitrogen and oxygen atoms in total. The van der Waals surface area contributed by atoms with E-state index in [1.54, 1.807) is 17.5 Å². The van der Waals surface area contributed by atoms with Crippen molar-refractivity contribution in [3.8, 4) is 6.07 Å². The van der Waals surface area contributed by atoms with Crippen LogP contribution in [0.25, 0.3) is 0 Å². The van der Waals surface area contributed by atoms with Gasteiger partial charge >= 0.3 is 0 Å². The van der Waals surface area contributed by atoms with E-state index in [2.05, 4.69) is 21.5 Å². The van der Waals surface area contributed by atoms with Gasteiger partial charge in [0, 0.05) is 30.7 Å². The van der Waals surface area contributed by atoms with Crippen LogP contribution < -0.4 is 5.32 Å². The Hall–Kier alpha value is -2.65. The van der Waals surface area contributed by atoms with Crippen molar-refractivity contribution in [3.63, 3.8) is 0 Å². The Bertz CT molecular complexity index is 795. The van der Waals surface area contributed by atoms with Crippen LogP contribution in [0.2, 0.25) is 0 Å². The van der Waals surface area contributed by atoms with Crippen LogP contribution in [0.15, 0.2) is 42.7 Å². The van der Waals surface area contributed by atoms with E-state index in [0.717, 1.165) is 17.2 Å². The van der Waals surface area contributed by atoms with E-state index >= 15 is 0 Å². The topological polar surface area (TPSA) is 66.5 Å². The molecule has 0 aliphatic heterocycles. The summed E-state index contributed by atoms with van der Waals surface area (Å²) in [4.78, 5) is 5.59. The molecule has 1 aromatic carbocycles. The van der Waals surface area contributed by atoms with Crippen LogP contribution in [0.1, 0.15) is 21.7 Å². The number of benzene rings is 1. The molecule has 0 saturated heterocycles. The van der Waals surface area contributed by atoms with Crippen molar-refractivity contribution in [1.82, 2.24) is 14.8 Å². The van der Waals surface area contributed by atoms with Crippen LogP contribution >= 0.6 is 11.3 Å². The number of nitriles is 1. The Balaban J connectivity index is 1.61. The third-order valence-electron chi connectivity index (χ3n) is 3.36. The van der Waals surface area contributed by atoms with Crippen molar-refractivity contribution in [3.05, 3.63) is 64.4 Å². The second-order valence-electron chi connectivity index (χ2n) is 4.92. The van der Waals surface area contributed by atoms with Gasteiger partial charge in [-0.25, -0.2) is 4.98 Å². The molecule has 0 aliphatic carbocycles. The Kier molecular flexibility index (Phi) is 4.17. The number of thiazole rings is 1. The predicted octanol–water partition coefficient (Wildman–Crippen LogP) is 2.95. The lowest BCUT2D eigenvalue weighted by Crippen LogP contribution is -2.04. The summed E-state index contributed by atoms with van der Waals surface area (Å²) < 4.78 is 1.85. The van der Waals surface area contributed by atoms with Crippen LogP contribution in [-0.4, -0.2) is 14.8 Å². The molecule has 0 aliphatic rings. The Morgan fingerprint density at radius 2 is 2.09 bits per heavy atom. The molecule has 0 amide bonds. The number of aryl methyl sites for hydroxylation is 1. The molecule has 2 heterocycles. The van der Waals surface area contributed by atoms with Gasteiger partial charge < -0.3 is 5.32 Å². The summed E-state index contributed by atoms with van der Waals surface area (Å²) in [6.07, 6.45) is 4.51. The smallest absolute Gasteiger partial charge is 0.183 e. The zero-order chi connectivity index (χ0) is 15.4. The highest BCUT2D eigenvalue weighted by Crippen LogP contribution is 2.21. The largest absolute Gasteiger partial charge is 0.356 e. The highest BCUT2D eigenvalue weighted by atomic mass is 32.1. The number of nitrogens with one attached hydrogen (secondary N) is 1. The first-order valence-corrected chi connectivity index (χ1v) is 7.71. The minimum Gasteiger partial charge on any atom is -0.356 e. The first-order valence-electron chi connectivity index (χ1n) is 6.89. The average molecular weight is 309 g/mol. The summed E-state index contributed by atoms with van der Waals surface area (Å²) in [7, 11) is 1.93. The summed E-state index contributed by atoms with van der Waals surface area (Å²) in [6.45, 7) is 0.709. The molecule has 0 spiro atoms. The maximum atomic E-state index is 8.81. The van der Waals surface area contributed by atoms with E-state index in [1.807, 2.05) is 48.3 Å². The number of hydrogen-bond acceptors (Lipinski definition) is 5. The van der Waals surface area contributed by atoms with Crippen molar-refractivity contribution < 1.29 is 0 Å². The lowest BCUT2D eigenvalue weighted by Gasteiger charge is -2.02. The van der Waals surface area contributed by atoms with Crippen LogP contribution in [0, 0.1) is 11.3 Å². The molecule has 22 heavy (non-hydrogen) atoms. The Morgan fingerprint density at radius 3 is 2.77 bits per heavy atom. The fourth-order valence-electron chi connectivity index (χ4n) is 2.11. The first-order chi connectivity index (χ1) is 10.7. The normalized spacial score (nSPS) is 10.4. The Morgan fingerprint density at radius 1 is 1.27 bits per heavy atom. The highest BCUT2D eigenvalue weighted by Gasteiger charge is 2.05.